The van der Waals surface area contributed by atoms with Crippen molar-refractivity contribution in [2.24, 2.45) is 5.73 Å². The molecule has 1 nitrogen and oxygen atoms in total. The van der Waals surface area contributed by atoms with Crippen molar-refractivity contribution in [3.8, 4) is 0 Å². The van der Waals surface area contributed by atoms with Gasteiger partial charge in [0, 0.05) is 21.2 Å². The van der Waals surface area contributed by atoms with E-state index in [0.29, 0.717) is 0 Å². The summed E-state index contributed by atoms with van der Waals surface area (Å²) < 4.78 is 1.13. The smallest absolute Gasteiger partial charge is 0.0349 e. The Hall–Kier alpha value is -0.250. The minimum Gasteiger partial charge on any atom is -0.324 e. The monoisotopic (exact) mass is 325 g/mol. The van der Waals surface area contributed by atoms with Crippen molar-refractivity contribution >= 4 is 27.7 Å². The van der Waals surface area contributed by atoms with Crippen molar-refractivity contribution in [2.75, 3.05) is 5.75 Å². The Kier molecular flexibility index (Phi) is 5.80. The highest BCUT2D eigenvalue weighted by Gasteiger charge is 2.11. The van der Waals surface area contributed by atoms with Crippen LogP contribution in [0.25, 0.3) is 0 Å². The molecular weight excluding hydrogens is 306 g/mol. The maximum Gasteiger partial charge on any atom is 0.0349 e. The Labute approximate surface area is 122 Å². The van der Waals surface area contributed by atoms with E-state index in [1.54, 1.807) is 0 Å². The molecule has 1 aliphatic carbocycles. The van der Waals surface area contributed by atoms with Gasteiger partial charge in [0.15, 0.2) is 0 Å². The number of thioether (sulfide) groups is 1. The Morgan fingerprint density at radius 3 is 2.72 bits per heavy atom. The molecule has 1 atom stereocenters. The number of hydrogen-bond donors (Lipinski definition) is 1. The lowest BCUT2D eigenvalue weighted by atomic mass is 10.0. The molecule has 1 aromatic rings. The summed E-state index contributed by atoms with van der Waals surface area (Å²) in [6, 6.07) is 8.67. The molecule has 0 aromatic heterocycles. The SMILES string of the molecule is NC(CSc1ccc(Br)cc1)C1=CCCCCC1. The summed E-state index contributed by atoms with van der Waals surface area (Å²) in [6.45, 7) is 0. The van der Waals surface area contributed by atoms with E-state index in [-0.39, 0.29) is 6.04 Å². The molecule has 2 N–H and O–H groups in total. The van der Waals surface area contributed by atoms with Crippen molar-refractivity contribution in [3.63, 3.8) is 0 Å². The summed E-state index contributed by atoms with van der Waals surface area (Å²) in [5, 5.41) is 0. The van der Waals surface area contributed by atoms with Gasteiger partial charge in [-0.05, 0) is 49.9 Å². The van der Waals surface area contributed by atoms with Crippen LogP contribution in [0, 0.1) is 0 Å². The molecule has 0 heterocycles. The van der Waals surface area contributed by atoms with Crippen LogP contribution in [-0.4, -0.2) is 11.8 Å². The summed E-state index contributed by atoms with van der Waals surface area (Å²) in [5.74, 6) is 0.980. The standard InChI is InChI=1S/C15H20BrNS/c16-13-7-9-14(10-8-13)18-11-15(17)12-5-3-1-2-4-6-12/h5,7-10,15H,1-4,6,11,17H2. The van der Waals surface area contributed by atoms with Crippen LogP contribution in [0.1, 0.15) is 32.1 Å². The average Bonchev–Trinajstić information content (AvgIpc) is 2.66. The van der Waals surface area contributed by atoms with Crippen molar-refractivity contribution in [3.05, 3.63) is 40.4 Å². The molecular formula is C15H20BrNS. The molecule has 98 valence electrons. The molecule has 18 heavy (non-hydrogen) atoms. The van der Waals surface area contributed by atoms with E-state index in [2.05, 4.69) is 46.3 Å². The highest BCUT2D eigenvalue weighted by atomic mass is 79.9. The van der Waals surface area contributed by atoms with E-state index < -0.39 is 0 Å². The molecule has 3 heteroatoms. The van der Waals surface area contributed by atoms with Crippen molar-refractivity contribution in [2.45, 2.75) is 43.0 Å². The molecule has 0 radical (unpaired) electrons. The predicted octanol–water partition coefficient (Wildman–Crippen LogP) is 4.76. The third-order valence-electron chi connectivity index (χ3n) is 3.30. The van der Waals surface area contributed by atoms with Gasteiger partial charge in [-0.2, -0.15) is 0 Å². The first kappa shape index (κ1) is 14.2. The molecule has 0 aliphatic heterocycles. The molecule has 2 rings (SSSR count). The van der Waals surface area contributed by atoms with Crippen LogP contribution in [0.4, 0.5) is 0 Å². The number of rotatable bonds is 4. The van der Waals surface area contributed by atoms with Crippen LogP contribution in [-0.2, 0) is 0 Å². The second-order valence-electron chi connectivity index (χ2n) is 4.75. The first-order chi connectivity index (χ1) is 8.75. The van der Waals surface area contributed by atoms with Crippen LogP contribution in [0.2, 0.25) is 0 Å². The molecule has 1 unspecified atom stereocenters. The summed E-state index contributed by atoms with van der Waals surface area (Å²) in [6.07, 6.45) is 8.78. The number of halogens is 1. The predicted molar refractivity (Wildman–Crippen MR) is 84.0 cm³/mol. The van der Waals surface area contributed by atoms with Gasteiger partial charge in [-0.15, -0.1) is 11.8 Å². The van der Waals surface area contributed by atoms with E-state index in [1.807, 2.05) is 11.8 Å². The number of hydrogen-bond acceptors (Lipinski definition) is 2. The molecule has 0 spiro atoms. The lowest BCUT2D eigenvalue weighted by Crippen LogP contribution is -2.25. The normalized spacial score (nSPS) is 18.0. The lowest BCUT2D eigenvalue weighted by molar-refractivity contribution is 0.693. The molecule has 1 aromatic carbocycles. The summed E-state index contributed by atoms with van der Waals surface area (Å²) in [7, 11) is 0. The fourth-order valence-corrected chi connectivity index (χ4v) is 3.38. The summed E-state index contributed by atoms with van der Waals surface area (Å²) >= 11 is 5.30. The third kappa shape index (κ3) is 4.45. The maximum absolute atomic E-state index is 6.30. The zero-order chi connectivity index (χ0) is 12.8. The van der Waals surface area contributed by atoms with Gasteiger partial charge < -0.3 is 5.73 Å². The first-order valence-corrected chi connectivity index (χ1v) is 8.36. The lowest BCUT2D eigenvalue weighted by Gasteiger charge is -2.15. The van der Waals surface area contributed by atoms with Gasteiger partial charge in [-0.25, -0.2) is 0 Å². The maximum atomic E-state index is 6.30. The number of benzene rings is 1. The van der Waals surface area contributed by atoms with Crippen molar-refractivity contribution in [1.29, 1.82) is 0 Å². The number of nitrogens with two attached hydrogens (primary N) is 1. The van der Waals surface area contributed by atoms with Gasteiger partial charge in [0.2, 0.25) is 0 Å². The average molecular weight is 326 g/mol. The van der Waals surface area contributed by atoms with Gasteiger partial charge in [-0.3, -0.25) is 0 Å². The fourth-order valence-electron chi connectivity index (χ4n) is 2.20. The van der Waals surface area contributed by atoms with Crippen LogP contribution < -0.4 is 5.73 Å². The minimum atomic E-state index is 0.219. The summed E-state index contributed by atoms with van der Waals surface area (Å²) in [4.78, 5) is 1.29. The molecule has 0 amide bonds. The highest BCUT2D eigenvalue weighted by Crippen LogP contribution is 2.25. The Bertz CT molecular complexity index is 399. The van der Waals surface area contributed by atoms with Gasteiger partial charge in [-0.1, -0.05) is 34.0 Å². The summed E-state index contributed by atoms with van der Waals surface area (Å²) in [5.41, 5.74) is 7.77. The van der Waals surface area contributed by atoms with E-state index in [4.69, 9.17) is 5.73 Å². The van der Waals surface area contributed by atoms with Crippen molar-refractivity contribution < 1.29 is 0 Å². The van der Waals surface area contributed by atoms with E-state index >= 15 is 0 Å². The van der Waals surface area contributed by atoms with Gasteiger partial charge in [0.05, 0.1) is 0 Å². The molecule has 0 saturated heterocycles. The number of allylic oxidation sites excluding steroid dienone is 1. The molecule has 1 aliphatic rings. The van der Waals surface area contributed by atoms with E-state index in [9.17, 15) is 0 Å². The van der Waals surface area contributed by atoms with E-state index in [1.165, 1.54) is 42.6 Å². The topological polar surface area (TPSA) is 26.0 Å². The molecule has 0 fully saturated rings. The zero-order valence-electron chi connectivity index (χ0n) is 10.6. The first-order valence-electron chi connectivity index (χ1n) is 6.58. The Morgan fingerprint density at radius 2 is 1.94 bits per heavy atom. The van der Waals surface area contributed by atoms with Gasteiger partial charge in [0.25, 0.3) is 0 Å². The second-order valence-corrected chi connectivity index (χ2v) is 6.76. The fraction of sp³-hybridized carbons (Fsp3) is 0.467. The van der Waals surface area contributed by atoms with Crippen molar-refractivity contribution in [1.82, 2.24) is 0 Å². The van der Waals surface area contributed by atoms with Gasteiger partial charge >= 0.3 is 0 Å². The van der Waals surface area contributed by atoms with Crippen LogP contribution >= 0.6 is 27.7 Å². The minimum absolute atomic E-state index is 0.219. The quantitative estimate of drug-likeness (QED) is 0.638. The van der Waals surface area contributed by atoms with E-state index in [0.717, 1.165) is 10.2 Å². The van der Waals surface area contributed by atoms with Crippen LogP contribution in [0.15, 0.2) is 45.3 Å². The second kappa shape index (κ2) is 7.37. The Balaban J connectivity index is 1.85. The molecule has 0 bridgehead atoms. The van der Waals surface area contributed by atoms with Gasteiger partial charge in [0.1, 0.15) is 0 Å². The third-order valence-corrected chi connectivity index (χ3v) is 4.96. The van der Waals surface area contributed by atoms with Crippen LogP contribution in [0.3, 0.4) is 0 Å². The zero-order valence-corrected chi connectivity index (χ0v) is 13.0. The van der Waals surface area contributed by atoms with Crippen LogP contribution in [0.5, 0.6) is 0 Å². The largest absolute Gasteiger partial charge is 0.324 e. The molecule has 0 saturated carbocycles. The highest BCUT2D eigenvalue weighted by molar-refractivity contribution is 9.10. The Morgan fingerprint density at radius 1 is 1.17 bits per heavy atom.